The van der Waals surface area contributed by atoms with Gasteiger partial charge in [0.15, 0.2) is 17.3 Å². The predicted molar refractivity (Wildman–Crippen MR) is 78.0 cm³/mol. The van der Waals surface area contributed by atoms with Crippen molar-refractivity contribution in [3.63, 3.8) is 0 Å². The molecule has 0 fully saturated rings. The van der Waals surface area contributed by atoms with Crippen LogP contribution in [0.4, 0.5) is 0 Å². The third-order valence-electron chi connectivity index (χ3n) is 2.29. The molecular formula is C14H15BrO6. The lowest BCUT2D eigenvalue weighted by atomic mass is 10.1. The number of Topliss-reactive ketones (excluding diaryl/α,β-unsaturated/α-hetero) is 1. The van der Waals surface area contributed by atoms with Gasteiger partial charge in [0.1, 0.15) is 13.2 Å². The smallest absolute Gasteiger partial charge is 0.308 e. The lowest BCUT2D eigenvalue weighted by Gasteiger charge is -2.12. The Morgan fingerprint density at radius 2 is 1.76 bits per heavy atom. The molecule has 1 rings (SSSR count). The number of esters is 2. The van der Waals surface area contributed by atoms with Crippen LogP contribution in [0.15, 0.2) is 18.2 Å². The number of halogens is 1. The fourth-order valence-electron chi connectivity index (χ4n) is 1.45. The second-order valence-corrected chi connectivity index (χ2v) is 4.56. The molecule has 0 radical (unpaired) electrons. The molecule has 0 aliphatic carbocycles. The molecule has 21 heavy (non-hydrogen) atoms. The van der Waals surface area contributed by atoms with Crippen LogP contribution in [0, 0.1) is 0 Å². The van der Waals surface area contributed by atoms with Crippen LogP contribution < -0.4 is 9.47 Å². The van der Waals surface area contributed by atoms with E-state index < -0.39 is 11.9 Å². The van der Waals surface area contributed by atoms with Gasteiger partial charge in [0, 0.05) is 19.4 Å². The maximum atomic E-state index is 11.6. The average molecular weight is 359 g/mol. The van der Waals surface area contributed by atoms with Crippen LogP contribution in [-0.2, 0) is 14.3 Å². The zero-order chi connectivity index (χ0) is 15.8. The van der Waals surface area contributed by atoms with Crippen LogP contribution in [0.2, 0.25) is 0 Å². The molecule has 0 atom stereocenters. The number of carbonyl (C=O) groups excluding carboxylic acids is 3. The summed E-state index contributed by atoms with van der Waals surface area (Å²) in [5, 5.41) is 0.173. The van der Waals surface area contributed by atoms with E-state index in [9.17, 15) is 14.4 Å². The van der Waals surface area contributed by atoms with Crippen LogP contribution in [0.3, 0.4) is 0 Å². The second-order valence-electron chi connectivity index (χ2n) is 4.00. The summed E-state index contributed by atoms with van der Waals surface area (Å²) < 4.78 is 15.1. The highest BCUT2D eigenvalue weighted by Gasteiger charge is 2.12. The molecule has 0 bridgehead atoms. The van der Waals surface area contributed by atoms with Crippen LogP contribution in [0.1, 0.15) is 24.2 Å². The molecule has 0 amide bonds. The minimum atomic E-state index is -0.501. The Bertz CT molecular complexity index is 540. The fraction of sp³-hybridized carbons (Fsp3) is 0.357. The van der Waals surface area contributed by atoms with Crippen molar-refractivity contribution in [2.75, 3.05) is 18.5 Å². The molecule has 6 nitrogen and oxygen atoms in total. The van der Waals surface area contributed by atoms with E-state index in [1.165, 1.54) is 26.0 Å². The van der Waals surface area contributed by atoms with E-state index in [1.54, 1.807) is 6.07 Å². The molecule has 0 aromatic heterocycles. The third kappa shape index (κ3) is 5.95. The first-order valence-electron chi connectivity index (χ1n) is 6.12. The number of carbonyl (C=O) groups is 3. The molecule has 0 saturated carbocycles. The van der Waals surface area contributed by atoms with Crippen molar-refractivity contribution in [1.29, 1.82) is 0 Å². The van der Waals surface area contributed by atoms with Gasteiger partial charge >= 0.3 is 11.9 Å². The second kappa shape index (κ2) is 8.41. The van der Waals surface area contributed by atoms with Gasteiger partial charge in [-0.05, 0) is 18.2 Å². The summed E-state index contributed by atoms with van der Waals surface area (Å²) in [6, 6.07) is 4.51. The predicted octanol–water partition coefficient (Wildman–Crippen LogP) is 2.13. The number of benzene rings is 1. The van der Waals surface area contributed by atoms with Crippen molar-refractivity contribution in [2.24, 2.45) is 0 Å². The van der Waals surface area contributed by atoms with Crippen molar-refractivity contribution in [2.45, 2.75) is 13.8 Å². The van der Waals surface area contributed by atoms with Crippen molar-refractivity contribution < 1.29 is 28.6 Å². The number of ether oxygens (including phenoxy) is 3. The normalized spacial score (nSPS) is 9.86. The quantitative estimate of drug-likeness (QED) is 0.244. The zero-order valence-corrected chi connectivity index (χ0v) is 13.3. The van der Waals surface area contributed by atoms with Crippen molar-refractivity contribution in [3.8, 4) is 11.5 Å². The van der Waals surface area contributed by atoms with Gasteiger partial charge in [-0.1, -0.05) is 15.9 Å². The van der Waals surface area contributed by atoms with Crippen LogP contribution in [0.5, 0.6) is 11.5 Å². The van der Waals surface area contributed by atoms with E-state index in [4.69, 9.17) is 14.2 Å². The molecule has 0 spiro atoms. The first-order chi connectivity index (χ1) is 9.93. The first-order valence-corrected chi connectivity index (χ1v) is 7.24. The minimum Gasteiger partial charge on any atom is -0.486 e. The van der Waals surface area contributed by atoms with Gasteiger partial charge in [-0.3, -0.25) is 14.4 Å². The van der Waals surface area contributed by atoms with Gasteiger partial charge in [0.2, 0.25) is 0 Å². The van der Waals surface area contributed by atoms with E-state index >= 15 is 0 Å². The van der Waals surface area contributed by atoms with E-state index in [-0.39, 0.29) is 35.8 Å². The molecule has 0 heterocycles. The van der Waals surface area contributed by atoms with E-state index in [0.717, 1.165) is 0 Å². The summed E-state index contributed by atoms with van der Waals surface area (Å²) in [5.41, 5.74) is 0.422. The standard InChI is InChI=1S/C14H15BrO6/c1-9(16)19-5-6-20-14-7-11(12(18)8-15)3-4-13(14)21-10(2)17/h3-4,7H,5-6,8H2,1-2H3. The minimum absolute atomic E-state index is 0.0610. The molecule has 7 heteroatoms. The number of ketones is 1. The number of hydrogen-bond acceptors (Lipinski definition) is 6. The molecule has 1 aromatic rings. The Labute approximate surface area is 130 Å². The van der Waals surface area contributed by atoms with Gasteiger partial charge in [0.25, 0.3) is 0 Å². The fourth-order valence-corrected chi connectivity index (χ4v) is 1.77. The summed E-state index contributed by atoms with van der Waals surface area (Å²) in [4.78, 5) is 33.3. The number of rotatable bonds is 7. The maximum absolute atomic E-state index is 11.6. The highest BCUT2D eigenvalue weighted by atomic mass is 79.9. The van der Waals surface area contributed by atoms with Gasteiger partial charge in [0.05, 0.1) is 5.33 Å². The van der Waals surface area contributed by atoms with Crippen molar-refractivity contribution in [3.05, 3.63) is 23.8 Å². The van der Waals surface area contributed by atoms with Crippen LogP contribution in [0.25, 0.3) is 0 Å². The van der Waals surface area contributed by atoms with Gasteiger partial charge in [-0.15, -0.1) is 0 Å². The summed E-state index contributed by atoms with van der Waals surface area (Å²) in [6.45, 7) is 2.70. The van der Waals surface area contributed by atoms with E-state index in [2.05, 4.69) is 15.9 Å². The molecule has 0 saturated heterocycles. The topological polar surface area (TPSA) is 78.9 Å². The van der Waals surface area contributed by atoms with Gasteiger partial charge in [-0.25, -0.2) is 0 Å². The average Bonchev–Trinajstić information content (AvgIpc) is 2.43. The maximum Gasteiger partial charge on any atom is 0.308 e. The zero-order valence-electron chi connectivity index (χ0n) is 11.7. The molecule has 1 aromatic carbocycles. The van der Waals surface area contributed by atoms with Crippen molar-refractivity contribution >= 4 is 33.7 Å². The summed E-state index contributed by atoms with van der Waals surface area (Å²) in [7, 11) is 0. The van der Waals surface area contributed by atoms with Crippen LogP contribution >= 0.6 is 15.9 Å². The monoisotopic (exact) mass is 358 g/mol. The first kappa shape index (κ1) is 17.2. The Hall–Kier alpha value is -1.89. The third-order valence-corrected chi connectivity index (χ3v) is 2.80. The van der Waals surface area contributed by atoms with Gasteiger partial charge in [-0.2, -0.15) is 0 Å². The molecular weight excluding hydrogens is 344 g/mol. The van der Waals surface area contributed by atoms with Crippen LogP contribution in [-0.4, -0.2) is 36.3 Å². The molecule has 0 unspecified atom stereocenters. The van der Waals surface area contributed by atoms with Crippen molar-refractivity contribution in [1.82, 2.24) is 0 Å². The molecule has 0 N–H and O–H groups in total. The Morgan fingerprint density at radius 3 is 2.33 bits per heavy atom. The molecule has 0 aliphatic heterocycles. The highest BCUT2D eigenvalue weighted by Crippen LogP contribution is 2.29. The van der Waals surface area contributed by atoms with Gasteiger partial charge < -0.3 is 14.2 Å². The summed E-state index contributed by atoms with van der Waals surface area (Å²) >= 11 is 3.08. The number of alkyl halides is 1. The largest absolute Gasteiger partial charge is 0.486 e. The SMILES string of the molecule is CC(=O)OCCOc1cc(C(=O)CBr)ccc1OC(C)=O. The Kier molecular flexibility index (Phi) is 6.87. The Morgan fingerprint density at radius 1 is 1.05 bits per heavy atom. The summed E-state index contributed by atoms with van der Waals surface area (Å²) in [5.74, 6) is -0.601. The number of hydrogen-bond donors (Lipinski definition) is 0. The lowest BCUT2D eigenvalue weighted by Crippen LogP contribution is -2.11. The van der Waals surface area contributed by atoms with E-state index in [0.29, 0.717) is 5.56 Å². The Balaban J connectivity index is 2.85. The molecule has 0 aliphatic rings. The summed E-state index contributed by atoms with van der Waals surface area (Å²) in [6.07, 6.45) is 0. The highest BCUT2D eigenvalue weighted by molar-refractivity contribution is 9.09. The van der Waals surface area contributed by atoms with E-state index in [1.807, 2.05) is 0 Å². The molecule has 114 valence electrons. The lowest BCUT2D eigenvalue weighted by molar-refractivity contribution is -0.141.